The normalized spacial score (nSPS) is 39.1. The molecule has 13 nitrogen and oxygen atoms in total. The van der Waals surface area contributed by atoms with Crippen LogP contribution in [0.5, 0.6) is 0 Å². The van der Waals surface area contributed by atoms with Crippen molar-refractivity contribution in [2.45, 2.75) is 107 Å². The van der Waals surface area contributed by atoms with Gasteiger partial charge in [0.1, 0.15) is 11.9 Å². The van der Waals surface area contributed by atoms with Gasteiger partial charge in [0, 0.05) is 36.5 Å². The molecule has 8 aliphatic carbocycles. The molecule has 11 rings (SSSR count). The minimum Gasteiger partial charge on any atom is -0.396 e. The molecule has 8 N–H and O–H groups in total. The van der Waals surface area contributed by atoms with Gasteiger partial charge in [-0.15, -0.1) is 0 Å². The van der Waals surface area contributed by atoms with Crippen molar-refractivity contribution in [3.8, 4) is 11.3 Å². The second-order valence-corrected chi connectivity index (χ2v) is 16.1. The highest BCUT2D eigenvalue weighted by Gasteiger charge is 2.57. The number of nitrogens with one attached hydrogen (secondary N) is 5. The number of carbonyl (C=O) groups is 3. The number of aliphatic hydroxyl groups is 3. The molecule has 0 spiro atoms. The largest absolute Gasteiger partial charge is 0.396 e. The number of amides is 3. The predicted octanol–water partition coefficient (Wildman–Crippen LogP) is 1.78. The highest BCUT2D eigenvalue weighted by molar-refractivity contribution is 6.40. The molecule has 3 heterocycles. The van der Waals surface area contributed by atoms with Gasteiger partial charge in [-0.1, -0.05) is 0 Å². The highest BCUT2D eigenvalue weighted by atomic mass is 16.3. The molecule has 1 aliphatic heterocycles. The lowest BCUT2D eigenvalue weighted by Gasteiger charge is -2.58. The van der Waals surface area contributed by atoms with E-state index in [1.807, 2.05) is 12.3 Å². The van der Waals surface area contributed by atoms with Gasteiger partial charge in [0.05, 0.1) is 22.9 Å². The van der Waals surface area contributed by atoms with Crippen LogP contribution in [0.4, 0.5) is 11.6 Å². The number of H-pyrrole nitrogens is 1. The number of aliphatic hydroxyl groups excluding tert-OH is 1. The van der Waals surface area contributed by atoms with E-state index < -0.39 is 35.0 Å². The van der Waals surface area contributed by atoms with Crippen molar-refractivity contribution in [1.82, 2.24) is 25.4 Å². The maximum atomic E-state index is 13.5. The zero-order valence-corrected chi connectivity index (χ0v) is 26.5. The van der Waals surface area contributed by atoms with Gasteiger partial charge in [0.15, 0.2) is 5.82 Å². The third-order valence-electron chi connectivity index (χ3n) is 13.0. The number of fused-ring (bicyclic) bond motifs is 3. The van der Waals surface area contributed by atoms with Gasteiger partial charge in [-0.3, -0.25) is 19.1 Å². The van der Waals surface area contributed by atoms with Crippen molar-refractivity contribution in [2.24, 2.45) is 35.5 Å². The smallest absolute Gasteiger partial charge is 0.314 e. The Balaban J connectivity index is 0.931. The number of anilines is 2. The lowest BCUT2D eigenvalue weighted by atomic mass is 9.52. The van der Waals surface area contributed by atoms with E-state index in [0.717, 1.165) is 74.0 Å². The summed E-state index contributed by atoms with van der Waals surface area (Å²) >= 11 is 0. The van der Waals surface area contributed by atoms with Crippen LogP contribution in [0.25, 0.3) is 11.3 Å². The first kappa shape index (κ1) is 29.7. The van der Waals surface area contributed by atoms with Crippen LogP contribution < -0.4 is 21.3 Å². The van der Waals surface area contributed by atoms with Crippen molar-refractivity contribution in [3.05, 3.63) is 17.8 Å². The van der Waals surface area contributed by atoms with E-state index >= 15 is 0 Å². The van der Waals surface area contributed by atoms with E-state index in [9.17, 15) is 29.7 Å². The van der Waals surface area contributed by atoms with Crippen LogP contribution in [-0.2, 0) is 20.9 Å². The van der Waals surface area contributed by atoms with Gasteiger partial charge in [-0.05, 0) is 112 Å². The third kappa shape index (κ3) is 4.82. The van der Waals surface area contributed by atoms with E-state index in [2.05, 4.69) is 30.9 Å². The van der Waals surface area contributed by atoms with Gasteiger partial charge in [0.25, 0.3) is 0 Å². The van der Waals surface area contributed by atoms with Gasteiger partial charge in [-0.2, -0.15) is 5.10 Å². The summed E-state index contributed by atoms with van der Waals surface area (Å²) in [4.78, 5) is 43.4. The Kier molecular flexibility index (Phi) is 6.66. The number of hydrogen-bond acceptors (Lipinski definition) is 8. The Labute approximate surface area is 272 Å². The first-order valence-electron chi connectivity index (χ1n) is 17.6. The minimum absolute atomic E-state index is 0.0263. The molecule has 9 aliphatic rings. The third-order valence-corrected chi connectivity index (χ3v) is 13.0. The number of nitrogens with zero attached hydrogens (tertiary/aromatic N) is 2. The van der Waals surface area contributed by atoms with Crippen molar-refractivity contribution in [3.63, 3.8) is 0 Å². The molecule has 3 amide bonds. The first-order valence-corrected chi connectivity index (χ1v) is 17.6. The molecular formula is C34H45N7O6. The molecule has 2 aromatic rings. The van der Waals surface area contributed by atoms with Crippen LogP contribution in [0, 0.1) is 35.5 Å². The molecule has 11 atom stereocenters. The van der Waals surface area contributed by atoms with Crippen LogP contribution in [0.1, 0.15) is 82.2 Å². The van der Waals surface area contributed by atoms with E-state index in [1.54, 1.807) is 0 Å². The summed E-state index contributed by atoms with van der Waals surface area (Å²) in [5.74, 6) is 0.853. The Bertz CT molecular complexity index is 1600. The summed E-state index contributed by atoms with van der Waals surface area (Å²) in [5, 5.41) is 48.7. The average Bonchev–Trinajstić information content (AvgIpc) is 3.61. The van der Waals surface area contributed by atoms with Crippen LogP contribution in [0.3, 0.4) is 0 Å². The fourth-order valence-corrected chi connectivity index (χ4v) is 11.7. The fraction of sp³-hybridized carbons (Fsp3) is 0.706. The molecule has 13 heteroatoms. The molecule has 47 heavy (non-hydrogen) atoms. The quantitative estimate of drug-likeness (QED) is 0.208. The van der Waals surface area contributed by atoms with Crippen LogP contribution in [0.15, 0.2) is 12.3 Å². The van der Waals surface area contributed by atoms with E-state index in [0.29, 0.717) is 37.0 Å². The fourth-order valence-electron chi connectivity index (χ4n) is 11.7. The van der Waals surface area contributed by atoms with E-state index in [4.69, 9.17) is 5.10 Å². The summed E-state index contributed by atoms with van der Waals surface area (Å²) in [6.07, 6.45) is 10.5. The Hall–Kier alpha value is -3.42. The summed E-state index contributed by atoms with van der Waals surface area (Å²) in [5.41, 5.74) is 1.44. The summed E-state index contributed by atoms with van der Waals surface area (Å²) in [6, 6.07) is 0.915. The molecule has 8 fully saturated rings. The highest BCUT2D eigenvalue weighted by Crippen LogP contribution is 2.61. The SMILES string of the molecule is O=C(Nc1nn(C2[C@@H]3CC4C[C@H]2CC(O)(C4)C3)c2c1CNc1[nH]ccc1-2)C(=O)NC(CCO)C(=O)NC1[C@@H]2CC3C[C@H]1CC(O)(C3)C2. The molecule has 0 radical (unpaired) electrons. The second kappa shape index (κ2) is 10.5. The Morgan fingerprint density at radius 1 is 0.936 bits per heavy atom. The predicted molar refractivity (Wildman–Crippen MR) is 170 cm³/mol. The van der Waals surface area contributed by atoms with Crippen molar-refractivity contribution >= 4 is 29.4 Å². The van der Waals surface area contributed by atoms with Gasteiger partial charge in [0.2, 0.25) is 5.91 Å². The molecular weight excluding hydrogens is 602 g/mol. The average molecular weight is 648 g/mol. The lowest BCUT2D eigenvalue weighted by molar-refractivity contribution is -0.148. The number of rotatable bonds is 7. The number of carbonyl (C=O) groups excluding carboxylic acids is 3. The topological polar surface area (TPSA) is 194 Å². The summed E-state index contributed by atoms with van der Waals surface area (Å²) in [7, 11) is 0. The monoisotopic (exact) mass is 647 g/mol. The Morgan fingerprint density at radius 2 is 1.57 bits per heavy atom. The molecule has 0 aromatic carbocycles. The molecule has 7 unspecified atom stereocenters. The van der Waals surface area contributed by atoms with Gasteiger partial charge < -0.3 is 41.6 Å². The van der Waals surface area contributed by atoms with E-state index in [1.165, 1.54) is 0 Å². The van der Waals surface area contributed by atoms with Gasteiger partial charge >= 0.3 is 11.8 Å². The zero-order chi connectivity index (χ0) is 32.2. The zero-order valence-electron chi connectivity index (χ0n) is 26.5. The van der Waals surface area contributed by atoms with Crippen molar-refractivity contribution < 1.29 is 29.7 Å². The van der Waals surface area contributed by atoms with Crippen LogP contribution in [-0.4, -0.2) is 77.7 Å². The van der Waals surface area contributed by atoms with Crippen molar-refractivity contribution in [1.29, 1.82) is 0 Å². The Morgan fingerprint density at radius 3 is 2.21 bits per heavy atom. The number of hydrogen-bond donors (Lipinski definition) is 8. The maximum absolute atomic E-state index is 13.5. The van der Waals surface area contributed by atoms with Gasteiger partial charge in [-0.25, -0.2) is 0 Å². The molecule has 8 bridgehead atoms. The van der Waals surface area contributed by atoms with Crippen LogP contribution in [0.2, 0.25) is 0 Å². The summed E-state index contributed by atoms with van der Waals surface area (Å²) < 4.78 is 2.05. The molecule has 0 saturated heterocycles. The van der Waals surface area contributed by atoms with Crippen molar-refractivity contribution in [2.75, 3.05) is 17.2 Å². The first-order chi connectivity index (χ1) is 22.6. The number of aromatic amines is 1. The molecule has 8 saturated carbocycles. The second-order valence-electron chi connectivity index (χ2n) is 16.1. The van der Waals surface area contributed by atoms with Crippen LogP contribution >= 0.6 is 0 Å². The minimum atomic E-state index is -1.08. The molecule has 252 valence electrons. The number of aromatic nitrogens is 3. The standard InChI is InChI=1S/C34H45N7O6/c42-4-2-24(30(43)38-25-18-5-16-6-19(25)12-33(46,9-16)11-18)37-31(44)32(45)39-29-23-15-36-28-22(1-3-35-28)27(23)41(40-29)26-20-7-17-8-21(26)14-34(47,10-17)13-20/h1,3,16-21,24-26,35-36,42,46-47H,2,4-15H2,(H,37,44)(H,38,43)(H,39,40,45)/t16?,17?,18-,19+,20-,21+,24?,25?,26?,33?,34?. The summed E-state index contributed by atoms with van der Waals surface area (Å²) in [6.45, 7) is 0.0750. The lowest BCUT2D eigenvalue weighted by Crippen LogP contribution is -2.63. The van der Waals surface area contributed by atoms with E-state index in [-0.39, 0.29) is 48.8 Å². The molecule has 2 aromatic heterocycles. The maximum Gasteiger partial charge on any atom is 0.314 e.